The smallest absolute Gasteiger partial charge is 0.247 e. The fourth-order valence-electron chi connectivity index (χ4n) is 2.05. The summed E-state index contributed by atoms with van der Waals surface area (Å²) < 4.78 is 0. The zero-order valence-corrected chi connectivity index (χ0v) is 10.1. The first-order valence-electron chi connectivity index (χ1n) is 5.80. The van der Waals surface area contributed by atoms with Gasteiger partial charge in [-0.3, -0.25) is 14.5 Å². The molecule has 1 heterocycles. The summed E-state index contributed by atoms with van der Waals surface area (Å²) in [5.41, 5.74) is 1.93. The molecule has 2 rings (SSSR count). The standard InChI is InChI=1S/C13H16N2O2/c1-3-11-13(17)14-8-12(16)15(11)10-6-4-9(2)5-7-10/h4-7,11H,3,8H2,1-2H3,(H,14,17). The van der Waals surface area contributed by atoms with Crippen molar-refractivity contribution in [2.75, 3.05) is 11.4 Å². The summed E-state index contributed by atoms with van der Waals surface area (Å²) in [6.45, 7) is 3.99. The molecule has 0 bridgehead atoms. The van der Waals surface area contributed by atoms with Crippen molar-refractivity contribution in [3.8, 4) is 0 Å². The van der Waals surface area contributed by atoms with Crippen LogP contribution in [0, 0.1) is 6.92 Å². The van der Waals surface area contributed by atoms with Gasteiger partial charge >= 0.3 is 0 Å². The number of carbonyl (C=O) groups is 2. The molecule has 1 aliphatic heterocycles. The van der Waals surface area contributed by atoms with E-state index in [9.17, 15) is 9.59 Å². The molecule has 1 atom stereocenters. The molecule has 1 N–H and O–H groups in total. The molecule has 1 aromatic carbocycles. The molecule has 0 spiro atoms. The molecule has 17 heavy (non-hydrogen) atoms. The van der Waals surface area contributed by atoms with Crippen LogP contribution in [0.1, 0.15) is 18.9 Å². The fourth-order valence-corrected chi connectivity index (χ4v) is 2.05. The van der Waals surface area contributed by atoms with Crippen molar-refractivity contribution in [3.05, 3.63) is 29.8 Å². The molecule has 2 amide bonds. The van der Waals surface area contributed by atoms with Gasteiger partial charge < -0.3 is 5.32 Å². The minimum atomic E-state index is -0.390. The highest BCUT2D eigenvalue weighted by molar-refractivity contribution is 6.06. The first-order valence-corrected chi connectivity index (χ1v) is 5.80. The van der Waals surface area contributed by atoms with Gasteiger partial charge in [-0.1, -0.05) is 24.6 Å². The lowest BCUT2D eigenvalue weighted by molar-refractivity contribution is -0.131. The van der Waals surface area contributed by atoms with Gasteiger partial charge in [0, 0.05) is 5.69 Å². The number of nitrogens with one attached hydrogen (secondary N) is 1. The van der Waals surface area contributed by atoms with Gasteiger partial charge in [-0.05, 0) is 25.5 Å². The Bertz CT molecular complexity index is 439. The number of benzene rings is 1. The zero-order valence-electron chi connectivity index (χ0n) is 10.1. The highest BCUT2D eigenvalue weighted by Gasteiger charge is 2.33. The largest absolute Gasteiger partial charge is 0.345 e. The van der Waals surface area contributed by atoms with E-state index in [1.54, 1.807) is 4.90 Å². The first kappa shape index (κ1) is 11.6. The van der Waals surface area contributed by atoms with Gasteiger partial charge in [-0.25, -0.2) is 0 Å². The molecule has 4 nitrogen and oxygen atoms in total. The van der Waals surface area contributed by atoms with Crippen molar-refractivity contribution >= 4 is 17.5 Å². The lowest BCUT2D eigenvalue weighted by Crippen LogP contribution is -2.58. The molecule has 0 saturated carbocycles. The van der Waals surface area contributed by atoms with Gasteiger partial charge in [0.15, 0.2) is 0 Å². The van der Waals surface area contributed by atoms with Gasteiger partial charge in [0.1, 0.15) is 6.04 Å². The number of hydrogen-bond donors (Lipinski definition) is 1. The predicted molar refractivity (Wildman–Crippen MR) is 65.8 cm³/mol. The SMILES string of the molecule is CCC1C(=O)NCC(=O)N1c1ccc(C)cc1. The summed E-state index contributed by atoms with van der Waals surface area (Å²) in [6.07, 6.45) is 0.617. The predicted octanol–water partition coefficient (Wildman–Crippen LogP) is 1.24. The second-order valence-corrected chi connectivity index (χ2v) is 4.24. The van der Waals surface area contributed by atoms with Gasteiger partial charge in [-0.15, -0.1) is 0 Å². The normalized spacial score (nSPS) is 20.4. The minimum absolute atomic E-state index is 0.0553. The number of hydrogen-bond acceptors (Lipinski definition) is 2. The summed E-state index contributed by atoms with van der Waals surface area (Å²) in [6, 6.07) is 7.27. The highest BCUT2D eigenvalue weighted by atomic mass is 16.2. The molecule has 0 aromatic heterocycles. The third kappa shape index (κ3) is 2.16. The highest BCUT2D eigenvalue weighted by Crippen LogP contribution is 2.21. The molecule has 4 heteroatoms. The Labute approximate surface area is 101 Å². The van der Waals surface area contributed by atoms with Gasteiger partial charge in [0.05, 0.1) is 6.54 Å². The lowest BCUT2D eigenvalue weighted by atomic mass is 10.1. The number of piperazine rings is 1. The van der Waals surface area contributed by atoms with E-state index in [4.69, 9.17) is 0 Å². The van der Waals surface area contributed by atoms with Crippen LogP contribution in [0.3, 0.4) is 0 Å². The van der Waals surface area contributed by atoms with Gasteiger partial charge in [-0.2, -0.15) is 0 Å². The summed E-state index contributed by atoms with van der Waals surface area (Å²) in [7, 11) is 0. The summed E-state index contributed by atoms with van der Waals surface area (Å²) in [5, 5.41) is 2.61. The van der Waals surface area contributed by atoms with Crippen LogP contribution in [0.15, 0.2) is 24.3 Å². The van der Waals surface area contributed by atoms with Crippen molar-refractivity contribution in [2.24, 2.45) is 0 Å². The molecule has 1 saturated heterocycles. The Morgan fingerprint density at radius 1 is 1.29 bits per heavy atom. The van der Waals surface area contributed by atoms with Crippen LogP contribution in [-0.2, 0) is 9.59 Å². The van der Waals surface area contributed by atoms with Crippen LogP contribution in [0.25, 0.3) is 0 Å². The number of nitrogens with zero attached hydrogens (tertiary/aromatic N) is 1. The molecule has 1 fully saturated rings. The van der Waals surface area contributed by atoms with Crippen molar-refractivity contribution in [2.45, 2.75) is 26.3 Å². The van der Waals surface area contributed by atoms with E-state index in [0.717, 1.165) is 11.3 Å². The second kappa shape index (κ2) is 4.57. The Balaban J connectivity index is 2.35. The number of amides is 2. The number of anilines is 1. The van der Waals surface area contributed by atoms with Crippen molar-refractivity contribution in [1.82, 2.24) is 5.32 Å². The zero-order chi connectivity index (χ0) is 12.4. The first-order chi connectivity index (χ1) is 8.13. The van der Waals surface area contributed by atoms with Crippen LogP contribution < -0.4 is 10.2 Å². The fraction of sp³-hybridized carbons (Fsp3) is 0.385. The van der Waals surface area contributed by atoms with E-state index in [0.29, 0.717) is 6.42 Å². The Morgan fingerprint density at radius 3 is 2.53 bits per heavy atom. The van der Waals surface area contributed by atoms with Crippen molar-refractivity contribution in [3.63, 3.8) is 0 Å². The summed E-state index contributed by atoms with van der Waals surface area (Å²) >= 11 is 0. The number of carbonyl (C=O) groups excluding carboxylic acids is 2. The molecule has 1 aromatic rings. The van der Waals surface area contributed by atoms with E-state index in [-0.39, 0.29) is 24.4 Å². The molecule has 0 aliphatic carbocycles. The number of rotatable bonds is 2. The molecule has 1 unspecified atom stereocenters. The maximum Gasteiger partial charge on any atom is 0.247 e. The maximum atomic E-state index is 11.9. The van der Waals surface area contributed by atoms with Crippen LogP contribution >= 0.6 is 0 Å². The Hall–Kier alpha value is -1.84. The maximum absolute atomic E-state index is 11.9. The molecular weight excluding hydrogens is 216 g/mol. The summed E-state index contributed by atoms with van der Waals surface area (Å²) in [5.74, 6) is -0.132. The monoisotopic (exact) mass is 232 g/mol. The van der Waals surface area contributed by atoms with E-state index in [1.165, 1.54) is 0 Å². The van der Waals surface area contributed by atoms with E-state index >= 15 is 0 Å². The second-order valence-electron chi connectivity index (χ2n) is 4.24. The molecule has 0 radical (unpaired) electrons. The minimum Gasteiger partial charge on any atom is -0.345 e. The Morgan fingerprint density at radius 2 is 1.94 bits per heavy atom. The number of aryl methyl sites for hydroxylation is 1. The van der Waals surface area contributed by atoms with Crippen molar-refractivity contribution < 1.29 is 9.59 Å². The molecule has 1 aliphatic rings. The Kier molecular flexibility index (Phi) is 3.13. The van der Waals surface area contributed by atoms with Crippen LogP contribution in [0.2, 0.25) is 0 Å². The molecular formula is C13H16N2O2. The topological polar surface area (TPSA) is 49.4 Å². The van der Waals surface area contributed by atoms with Gasteiger partial charge in [0.25, 0.3) is 0 Å². The average molecular weight is 232 g/mol. The quantitative estimate of drug-likeness (QED) is 0.834. The van der Waals surface area contributed by atoms with Crippen LogP contribution in [0.4, 0.5) is 5.69 Å². The molecule has 90 valence electrons. The van der Waals surface area contributed by atoms with Crippen LogP contribution in [-0.4, -0.2) is 24.4 Å². The van der Waals surface area contributed by atoms with Crippen LogP contribution in [0.5, 0.6) is 0 Å². The lowest BCUT2D eigenvalue weighted by Gasteiger charge is -2.34. The van der Waals surface area contributed by atoms with Crippen molar-refractivity contribution in [1.29, 1.82) is 0 Å². The average Bonchev–Trinajstić information content (AvgIpc) is 2.33. The summed E-state index contributed by atoms with van der Waals surface area (Å²) in [4.78, 5) is 25.2. The van der Waals surface area contributed by atoms with E-state index in [1.807, 2.05) is 38.1 Å². The third-order valence-corrected chi connectivity index (χ3v) is 3.00. The van der Waals surface area contributed by atoms with E-state index in [2.05, 4.69) is 5.32 Å². The van der Waals surface area contributed by atoms with E-state index < -0.39 is 0 Å². The third-order valence-electron chi connectivity index (χ3n) is 3.00. The van der Waals surface area contributed by atoms with Gasteiger partial charge in [0.2, 0.25) is 11.8 Å².